The summed E-state index contributed by atoms with van der Waals surface area (Å²) in [6.07, 6.45) is -6.70. The number of rotatable bonds is 6. The number of ether oxygens (including phenoxy) is 1. The number of fused-ring (bicyclic) bond motifs is 1. The zero-order valence-corrected chi connectivity index (χ0v) is 21.1. The van der Waals surface area contributed by atoms with E-state index in [0.29, 0.717) is 20.4 Å². The van der Waals surface area contributed by atoms with Crippen LogP contribution in [0.25, 0.3) is 0 Å². The largest absolute Gasteiger partial charge is 0.530 e. The van der Waals surface area contributed by atoms with E-state index in [1.165, 1.54) is 6.07 Å². The van der Waals surface area contributed by atoms with E-state index in [2.05, 4.69) is 4.90 Å². The molecule has 4 rings (SSSR count). The summed E-state index contributed by atoms with van der Waals surface area (Å²) in [5.74, 6) is -0.589. The second kappa shape index (κ2) is 9.35. The highest BCUT2D eigenvalue weighted by atomic mass is 32.2. The average Bonchev–Trinajstić information content (AvgIpc) is 2.80. The lowest BCUT2D eigenvalue weighted by molar-refractivity contribution is -0.254. The molecule has 2 aliphatic rings. The van der Waals surface area contributed by atoms with E-state index in [1.54, 1.807) is 0 Å². The van der Waals surface area contributed by atoms with E-state index in [-0.39, 0.29) is 33.8 Å². The van der Waals surface area contributed by atoms with Gasteiger partial charge in [-0.2, -0.15) is 13.2 Å². The number of nitrogens with zero attached hydrogens (tertiary/aromatic N) is 3. The highest BCUT2D eigenvalue weighted by Crippen LogP contribution is 2.43. The Bertz CT molecular complexity index is 1280. The van der Waals surface area contributed by atoms with Gasteiger partial charge in [0.1, 0.15) is 29.3 Å². The number of alkyl halides is 3. The molecule has 1 fully saturated rings. The topological polar surface area (TPSA) is 93.2 Å². The molecule has 1 unspecified atom stereocenters. The molecule has 1 saturated heterocycles. The number of benzene rings is 2. The van der Waals surface area contributed by atoms with Gasteiger partial charge in [-0.1, -0.05) is 0 Å². The lowest BCUT2D eigenvalue weighted by Crippen LogP contribution is -2.60. The molecule has 37 heavy (non-hydrogen) atoms. The first-order valence-electron chi connectivity index (χ1n) is 11.5. The fourth-order valence-corrected chi connectivity index (χ4v) is 5.88. The van der Waals surface area contributed by atoms with Crippen LogP contribution in [0, 0.1) is 5.82 Å². The van der Waals surface area contributed by atoms with Crippen LogP contribution >= 0.6 is 0 Å². The van der Waals surface area contributed by atoms with Crippen molar-refractivity contribution in [3.8, 4) is 5.75 Å². The second-order valence-electron chi connectivity index (χ2n) is 9.67. The van der Waals surface area contributed by atoms with Gasteiger partial charge < -0.3 is 19.5 Å². The minimum Gasteiger partial charge on any atom is -0.530 e. The standard InChI is InChI=1S/C24H27F4N3O5S/c1-15-10-11-29(15)13-18-14-30(37(34,35)19-7-4-16(25)5-8-19)20-12-17(6-9-21(20)36-18)31(22(32)33)23(2,3)24(26,27)28/h4-9,12,15,18H,10-11,13-14H2,1-3H3,(H,32,33)/p-1/t15?,18-/m0/s1. The van der Waals surface area contributed by atoms with Crippen LogP contribution in [0.4, 0.5) is 33.7 Å². The number of hydrogen-bond donors (Lipinski definition) is 0. The van der Waals surface area contributed by atoms with Gasteiger partial charge in [0.2, 0.25) is 0 Å². The number of hydrogen-bond acceptors (Lipinski definition) is 6. The first-order valence-corrected chi connectivity index (χ1v) is 13.0. The molecule has 1 amide bonds. The Morgan fingerprint density at radius 1 is 1.16 bits per heavy atom. The molecule has 0 N–H and O–H groups in total. The molecule has 0 bridgehead atoms. The van der Waals surface area contributed by atoms with Crippen molar-refractivity contribution in [1.29, 1.82) is 0 Å². The van der Waals surface area contributed by atoms with Crippen LogP contribution in [0.2, 0.25) is 0 Å². The maximum atomic E-state index is 13.7. The fraction of sp³-hybridized carbons (Fsp3) is 0.458. The maximum absolute atomic E-state index is 13.7. The lowest BCUT2D eigenvalue weighted by atomic mass is 10.0. The predicted molar refractivity (Wildman–Crippen MR) is 125 cm³/mol. The third kappa shape index (κ3) is 4.93. The number of halogens is 4. The van der Waals surface area contributed by atoms with Crippen molar-refractivity contribution in [2.45, 2.75) is 55.9 Å². The fourth-order valence-electron chi connectivity index (χ4n) is 4.38. The molecule has 8 nitrogen and oxygen atoms in total. The zero-order chi connectivity index (χ0) is 27.3. The second-order valence-corrected chi connectivity index (χ2v) is 11.5. The third-order valence-electron chi connectivity index (χ3n) is 6.87. The van der Waals surface area contributed by atoms with Gasteiger partial charge in [-0.15, -0.1) is 0 Å². The Balaban J connectivity index is 1.81. The molecule has 0 radical (unpaired) electrons. The predicted octanol–water partition coefficient (Wildman–Crippen LogP) is 3.37. The zero-order valence-electron chi connectivity index (χ0n) is 20.3. The number of carbonyl (C=O) groups excluding carboxylic acids is 1. The molecule has 2 aromatic rings. The van der Waals surface area contributed by atoms with Crippen molar-refractivity contribution in [2.75, 3.05) is 28.8 Å². The number of likely N-dealkylation sites (tertiary alicyclic amines) is 1. The van der Waals surface area contributed by atoms with E-state index < -0.39 is 45.4 Å². The summed E-state index contributed by atoms with van der Waals surface area (Å²) in [4.78, 5) is 13.7. The smallest absolute Gasteiger partial charge is 0.411 e. The van der Waals surface area contributed by atoms with Crippen LogP contribution in [-0.4, -0.2) is 62.9 Å². The summed E-state index contributed by atoms with van der Waals surface area (Å²) in [6, 6.07) is 7.78. The van der Waals surface area contributed by atoms with Gasteiger partial charge in [-0.3, -0.25) is 9.21 Å². The molecule has 0 aliphatic carbocycles. The van der Waals surface area contributed by atoms with Crippen LogP contribution < -0.4 is 19.0 Å². The van der Waals surface area contributed by atoms with Gasteiger partial charge >= 0.3 is 6.18 Å². The van der Waals surface area contributed by atoms with Crippen LogP contribution in [-0.2, 0) is 10.0 Å². The Morgan fingerprint density at radius 2 is 1.81 bits per heavy atom. The molecule has 0 saturated carbocycles. The number of sulfonamides is 1. The molecule has 2 aromatic carbocycles. The summed E-state index contributed by atoms with van der Waals surface area (Å²) >= 11 is 0. The van der Waals surface area contributed by atoms with Crippen molar-refractivity contribution >= 4 is 27.5 Å². The molecule has 2 aliphatic heterocycles. The molecule has 202 valence electrons. The summed E-state index contributed by atoms with van der Waals surface area (Å²) in [7, 11) is -4.33. The maximum Gasteiger partial charge on any atom is 0.411 e. The average molecular weight is 545 g/mol. The van der Waals surface area contributed by atoms with E-state index in [9.17, 15) is 35.9 Å². The molecule has 0 aromatic heterocycles. The van der Waals surface area contributed by atoms with Crippen molar-refractivity contribution < 1.29 is 40.6 Å². The van der Waals surface area contributed by atoms with E-state index in [0.717, 1.165) is 53.7 Å². The monoisotopic (exact) mass is 544 g/mol. The van der Waals surface area contributed by atoms with Gasteiger partial charge in [-0.05, 0) is 69.7 Å². The van der Waals surface area contributed by atoms with Gasteiger partial charge in [0, 0.05) is 24.8 Å². The van der Waals surface area contributed by atoms with Gasteiger partial charge in [-0.25, -0.2) is 12.8 Å². The number of carboxylic acid groups (broad SMARTS) is 1. The Kier molecular flexibility index (Phi) is 6.82. The number of amides is 1. The number of anilines is 2. The van der Waals surface area contributed by atoms with Gasteiger partial charge in [0.15, 0.2) is 0 Å². The lowest BCUT2D eigenvalue weighted by Gasteiger charge is -2.44. The molecular formula is C24H26F4N3O5S-. The SMILES string of the molecule is CC1CCN1C[C@H]1CN(S(=O)(=O)c2ccc(F)cc2)c2cc(N(C(=O)[O-])C(C)(C)C(F)(F)F)ccc2O1. The van der Waals surface area contributed by atoms with Gasteiger partial charge in [0.25, 0.3) is 10.0 Å². The summed E-state index contributed by atoms with van der Waals surface area (Å²) in [6.45, 7) is 4.41. The van der Waals surface area contributed by atoms with Crippen LogP contribution in [0.3, 0.4) is 0 Å². The molecule has 2 atom stereocenters. The quantitative estimate of drug-likeness (QED) is 0.518. The normalized spacial score (nSPS) is 20.6. The Morgan fingerprint density at radius 3 is 2.32 bits per heavy atom. The van der Waals surface area contributed by atoms with Crippen molar-refractivity contribution in [3.63, 3.8) is 0 Å². The highest BCUT2D eigenvalue weighted by molar-refractivity contribution is 7.92. The highest BCUT2D eigenvalue weighted by Gasteiger charge is 2.52. The number of carbonyl (C=O) groups is 1. The molecule has 2 heterocycles. The van der Waals surface area contributed by atoms with Crippen LogP contribution in [0.5, 0.6) is 5.75 Å². The van der Waals surface area contributed by atoms with Crippen LogP contribution in [0.15, 0.2) is 47.4 Å². The first kappa shape index (κ1) is 27.0. The molecule has 13 heteroatoms. The first-order chi connectivity index (χ1) is 17.1. The molecule has 0 spiro atoms. The van der Waals surface area contributed by atoms with E-state index >= 15 is 0 Å². The Labute approximate surface area is 212 Å². The summed E-state index contributed by atoms with van der Waals surface area (Å²) in [5.41, 5.74) is -3.47. The summed E-state index contributed by atoms with van der Waals surface area (Å²) in [5, 5.41) is 11.8. The van der Waals surface area contributed by atoms with E-state index in [1.807, 2.05) is 6.92 Å². The van der Waals surface area contributed by atoms with E-state index in [4.69, 9.17) is 4.74 Å². The van der Waals surface area contributed by atoms with Crippen molar-refractivity contribution in [1.82, 2.24) is 4.90 Å². The Hall–Kier alpha value is -3.06. The van der Waals surface area contributed by atoms with Crippen molar-refractivity contribution in [3.05, 3.63) is 48.3 Å². The van der Waals surface area contributed by atoms with Crippen molar-refractivity contribution in [2.24, 2.45) is 0 Å². The minimum absolute atomic E-state index is 0.0316. The van der Waals surface area contributed by atoms with Gasteiger partial charge in [0.05, 0.1) is 17.1 Å². The third-order valence-corrected chi connectivity index (χ3v) is 8.66. The molecular weight excluding hydrogens is 518 g/mol. The van der Waals surface area contributed by atoms with Crippen LogP contribution in [0.1, 0.15) is 27.2 Å². The minimum atomic E-state index is -4.96. The summed E-state index contributed by atoms with van der Waals surface area (Å²) < 4.78 is 88.9.